The summed E-state index contributed by atoms with van der Waals surface area (Å²) in [5, 5.41) is 2.16. The second kappa shape index (κ2) is 25.3. The molecule has 0 atom stereocenters. The third-order valence-electron chi connectivity index (χ3n) is 9.85. The van der Waals surface area contributed by atoms with E-state index < -0.39 is 0 Å². The fourth-order valence-electron chi connectivity index (χ4n) is 6.39. The van der Waals surface area contributed by atoms with E-state index in [2.05, 4.69) is 116 Å². The summed E-state index contributed by atoms with van der Waals surface area (Å²) in [7, 11) is 3.44. The van der Waals surface area contributed by atoms with Gasteiger partial charge >= 0.3 is 0 Å². The molecule has 0 radical (unpaired) electrons. The van der Waals surface area contributed by atoms with E-state index in [1.807, 2.05) is 36.4 Å². The van der Waals surface area contributed by atoms with Crippen molar-refractivity contribution in [1.82, 2.24) is 0 Å². The van der Waals surface area contributed by atoms with Crippen LogP contribution in [0.1, 0.15) is 0 Å². The molecule has 60 heavy (non-hydrogen) atoms. The Bertz CT molecular complexity index is 1950. The summed E-state index contributed by atoms with van der Waals surface area (Å²) in [6.45, 7) is 9.91. The predicted molar refractivity (Wildman–Crippen MR) is 227 cm³/mol. The number of pyridine rings is 4. The molecule has 0 amide bonds. The first-order valence-corrected chi connectivity index (χ1v) is 20.7. The fourth-order valence-corrected chi connectivity index (χ4v) is 6.39. The summed E-state index contributed by atoms with van der Waals surface area (Å²) in [5.41, 5.74) is 4.74. The Morgan fingerprint density at radius 3 is 0.917 bits per heavy atom. The summed E-state index contributed by atoms with van der Waals surface area (Å²) < 4.78 is 53.7. The topological polar surface area (TPSA) is 89.4 Å². The fraction of sp³-hybridized carbons (Fsp3) is 0.375. The van der Waals surface area contributed by atoms with Gasteiger partial charge in [-0.25, -0.2) is 18.3 Å². The van der Waals surface area contributed by atoms with Gasteiger partial charge < -0.3 is 37.9 Å². The van der Waals surface area contributed by atoms with E-state index in [0.29, 0.717) is 79.3 Å². The summed E-state index contributed by atoms with van der Waals surface area (Å²) >= 11 is 0. The second-order valence-electron chi connectivity index (χ2n) is 14.1. The smallest absolute Gasteiger partial charge is 0.171 e. The monoisotopic (exact) mass is 820 g/mol. The maximum Gasteiger partial charge on any atom is 0.171 e. The molecule has 12 heteroatoms. The first-order valence-electron chi connectivity index (χ1n) is 20.7. The summed E-state index contributed by atoms with van der Waals surface area (Å²) in [5.74, 6) is 1.61. The Morgan fingerprint density at radius 2 is 0.600 bits per heavy atom. The van der Waals surface area contributed by atoms with Gasteiger partial charge in [0.1, 0.15) is 51.1 Å². The molecule has 0 N–H and O–H groups in total. The quantitative estimate of drug-likeness (QED) is 0.0514. The van der Waals surface area contributed by atoms with Crippen molar-refractivity contribution in [1.29, 1.82) is 0 Å². The Labute approximate surface area is 354 Å². The molecular weight excluding hydrogens is 761 g/mol. The molecule has 12 nitrogen and oxygen atoms in total. The van der Waals surface area contributed by atoms with Crippen molar-refractivity contribution in [3.63, 3.8) is 0 Å². The molecule has 0 spiro atoms. The highest BCUT2D eigenvalue weighted by atomic mass is 16.5. The lowest BCUT2D eigenvalue weighted by Crippen LogP contribution is -2.35. The van der Waals surface area contributed by atoms with Crippen LogP contribution in [-0.2, 0) is 54.6 Å². The summed E-state index contributed by atoms with van der Waals surface area (Å²) in [6, 6.07) is 29.1. The Morgan fingerprint density at radius 1 is 0.317 bits per heavy atom. The van der Waals surface area contributed by atoms with Crippen molar-refractivity contribution in [2.75, 3.05) is 93.5 Å². The minimum atomic E-state index is 0.466. The number of hydrogen-bond acceptors (Lipinski definition) is 8. The lowest BCUT2D eigenvalue weighted by molar-refractivity contribution is -0.698. The summed E-state index contributed by atoms with van der Waals surface area (Å²) in [4.78, 5) is 0. The Hall–Kier alpha value is -5.34. The number of fused-ring (bicyclic) bond motifs is 1. The van der Waals surface area contributed by atoms with Gasteiger partial charge in [-0.1, -0.05) is 12.1 Å². The molecule has 0 saturated carbocycles. The first-order chi connectivity index (χ1) is 29.7. The third kappa shape index (κ3) is 15.0. The zero-order valence-corrected chi connectivity index (χ0v) is 35.1. The molecule has 6 aromatic rings. The van der Waals surface area contributed by atoms with Crippen LogP contribution in [0.25, 0.3) is 33.0 Å². The molecule has 0 unspecified atom stereocenters. The van der Waals surface area contributed by atoms with Crippen LogP contribution >= 0.6 is 0 Å². The van der Waals surface area contributed by atoms with E-state index in [-0.39, 0.29) is 0 Å². The van der Waals surface area contributed by atoms with Gasteiger partial charge in [0, 0.05) is 62.8 Å². The second-order valence-corrected chi connectivity index (χ2v) is 14.1. The van der Waals surface area contributed by atoms with Crippen molar-refractivity contribution < 1.29 is 56.2 Å². The first kappa shape index (κ1) is 44.2. The van der Waals surface area contributed by atoms with Gasteiger partial charge in [0.2, 0.25) is 0 Å². The molecule has 0 aliphatic carbocycles. The van der Waals surface area contributed by atoms with Crippen LogP contribution < -0.4 is 27.7 Å². The SMILES string of the molecule is COCC[n+]1ccc(-c2cc[n+](CCOCCOCCOc3ccc4cc(OCCOCCOCC[n+]5ccc(-c6cc[n+](CCOC)cc6)cc5)ccc4c3)cc2)cc1. The Balaban J connectivity index is 0.758. The van der Waals surface area contributed by atoms with Gasteiger partial charge in [0.05, 0.1) is 39.6 Å². The highest BCUT2D eigenvalue weighted by Crippen LogP contribution is 2.25. The van der Waals surface area contributed by atoms with Crippen LogP contribution in [0.15, 0.2) is 135 Å². The average Bonchev–Trinajstić information content (AvgIpc) is 3.30. The van der Waals surface area contributed by atoms with Crippen molar-refractivity contribution >= 4 is 10.8 Å². The molecule has 0 saturated heterocycles. The maximum atomic E-state index is 5.94. The number of ether oxygens (including phenoxy) is 8. The van der Waals surface area contributed by atoms with Crippen molar-refractivity contribution in [2.24, 2.45) is 0 Å². The van der Waals surface area contributed by atoms with E-state index in [1.54, 1.807) is 14.2 Å². The largest absolute Gasteiger partial charge is 0.491 e. The highest BCUT2D eigenvalue weighted by molar-refractivity contribution is 5.85. The standard InChI is InChI=1S/C48H60N4O8/c1-53-27-23-49-15-7-41(8-16-49)43-11-19-51(20-12-43)25-29-55-31-33-57-35-37-59-47-5-3-46-40-48(6-4-45(46)39-47)60-38-36-58-34-32-56-30-26-52-21-13-44(14-22-52)42-9-17-50(18-10-42)24-28-54-2/h3-22,39-40H,23-38H2,1-2H3/q+4. The zero-order chi connectivity index (χ0) is 41.5. The zero-order valence-electron chi connectivity index (χ0n) is 35.1. The summed E-state index contributed by atoms with van der Waals surface area (Å²) in [6.07, 6.45) is 16.7. The number of benzene rings is 2. The maximum absolute atomic E-state index is 5.94. The molecule has 4 heterocycles. The van der Waals surface area contributed by atoms with Gasteiger partial charge in [-0.2, -0.15) is 0 Å². The highest BCUT2D eigenvalue weighted by Gasteiger charge is 2.08. The predicted octanol–water partition coefficient (Wildman–Crippen LogP) is 4.84. The normalized spacial score (nSPS) is 11.3. The number of methoxy groups -OCH3 is 2. The van der Waals surface area contributed by atoms with Crippen LogP contribution in [0.5, 0.6) is 11.5 Å². The van der Waals surface area contributed by atoms with Gasteiger partial charge in [-0.05, 0) is 57.3 Å². The molecule has 2 aromatic carbocycles. The van der Waals surface area contributed by atoms with Gasteiger partial charge in [-0.3, -0.25) is 0 Å². The number of aromatic nitrogens is 4. The molecule has 0 aliphatic heterocycles. The van der Waals surface area contributed by atoms with Crippen LogP contribution in [0.4, 0.5) is 0 Å². The van der Waals surface area contributed by atoms with E-state index >= 15 is 0 Å². The molecule has 0 bridgehead atoms. The van der Waals surface area contributed by atoms with Crippen LogP contribution in [-0.4, -0.2) is 93.5 Å². The molecular formula is C48H60N4O8+4. The molecule has 4 aromatic heterocycles. The van der Waals surface area contributed by atoms with Gasteiger partial charge in [0.15, 0.2) is 75.8 Å². The molecule has 6 rings (SSSR count). The Kier molecular flexibility index (Phi) is 18.7. The van der Waals surface area contributed by atoms with E-state index in [1.165, 1.54) is 22.3 Å². The number of rotatable bonds is 28. The number of hydrogen-bond donors (Lipinski definition) is 0. The molecule has 0 aliphatic rings. The lowest BCUT2D eigenvalue weighted by Gasteiger charge is -2.10. The third-order valence-corrected chi connectivity index (χ3v) is 9.85. The molecule has 0 fully saturated rings. The van der Waals surface area contributed by atoms with Crippen LogP contribution in [0.3, 0.4) is 0 Å². The van der Waals surface area contributed by atoms with E-state index in [9.17, 15) is 0 Å². The van der Waals surface area contributed by atoms with E-state index in [4.69, 9.17) is 37.9 Å². The number of nitrogens with zero attached hydrogens (tertiary/aromatic N) is 4. The minimum absolute atomic E-state index is 0.466. The van der Waals surface area contributed by atoms with Crippen LogP contribution in [0, 0.1) is 0 Å². The van der Waals surface area contributed by atoms with E-state index in [0.717, 1.165) is 48.5 Å². The van der Waals surface area contributed by atoms with Crippen molar-refractivity contribution in [2.45, 2.75) is 26.2 Å². The average molecular weight is 821 g/mol. The van der Waals surface area contributed by atoms with Crippen molar-refractivity contribution in [3.05, 3.63) is 135 Å². The van der Waals surface area contributed by atoms with Crippen molar-refractivity contribution in [3.8, 4) is 33.8 Å². The van der Waals surface area contributed by atoms with Gasteiger partial charge in [-0.15, -0.1) is 0 Å². The lowest BCUT2D eigenvalue weighted by atomic mass is 10.1. The van der Waals surface area contributed by atoms with Gasteiger partial charge in [0.25, 0.3) is 0 Å². The minimum Gasteiger partial charge on any atom is -0.491 e. The van der Waals surface area contributed by atoms with Crippen LogP contribution in [0.2, 0.25) is 0 Å². The molecule has 316 valence electrons.